The highest BCUT2D eigenvalue weighted by Gasteiger charge is 2.43. The molecule has 0 amide bonds. The molecular formula is C13H25NO2. The maximum absolute atomic E-state index is 6.44. The Bertz CT molecular complexity index is 218. The molecule has 16 heavy (non-hydrogen) atoms. The van der Waals surface area contributed by atoms with Crippen LogP contribution in [0.5, 0.6) is 0 Å². The summed E-state index contributed by atoms with van der Waals surface area (Å²) in [7, 11) is 1.83. The molecular weight excluding hydrogens is 202 g/mol. The molecule has 1 saturated heterocycles. The molecule has 2 fully saturated rings. The van der Waals surface area contributed by atoms with Gasteiger partial charge in [-0.2, -0.15) is 0 Å². The first-order valence-electron chi connectivity index (χ1n) is 6.56. The summed E-state index contributed by atoms with van der Waals surface area (Å²) in [6.07, 6.45) is 5.82. The minimum Gasteiger partial charge on any atom is -0.381 e. The van der Waals surface area contributed by atoms with E-state index in [2.05, 4.69) is 6.92 Å². The first-order valence-corrected chi connectivity index (χ1v) is 6.56. The fourth-order valence-electron chi connectivity index (χ4n) is 3.19. The average Bonchev–Trinajstić information content (AvgIpc) is 2.83. The monoisotopic (exact) mass is 227 g/mol. The van der Waals surface area contributed by atoms with Gasteiger partial charge in [-0.25, -0.2) is 0 Å². The third kappa shape index (κ3) is 2.27. The van der Waals surface area contributed by atoms with Gasteiger partial charge in [-0.05, 0) is 38.0 Å². The Morgan fingerprint density at radius 1 is 1.31 bits per heavy atom. The fourth-order valence-corrected chi connectivity index (χ4v) is 3.19. The van der Waals surface area contributed by atoms with Crippen LogP contribution in [0.3, 0.4) is 0 Å². The quantitative estimate of drug-likeness (QED) is 0.801. The lowest BCUT2D eigenvalue weighted by molar-refractivity contribution is -0.0788. The summed E-state index contributed by atoms with van der Waals surface area (Å²) in [6.45, 7) is 4.01. The number of methoxy groups -OCH3 is 1. The molecule has 94 valence electrons. The van der Waals surface area contributed by atoms with Crippen molar-refractivity contribution in [3.63, 3.8) is 0 Å². The van der Waals surface area contributed by atoms with Crippen molar-refractivity contribution >= 4 is 0 Å². The molecule has 1 heterocycles. The van der Waals surface area contributed by atoms with E-state index < -0.39 is 0 Å². The smallest absolute Gasteiger partial charge is 0.0832 e. The Hall–Kier alpha value is -0.120. The molecule has 1 aliphatic heterocycles. The van der Waals surface area contributed by atoms with Crippen LogP contribution in [-0.4, -0.2) is 32.0 Å². The van der Waals surface area contributed by atoms with Crippen LogP contribution in [0, 0.1) is 11.8 Å². The maximum Gasteiger partial charge on any atom is 0.0832 e. The lowest BCUT2D eigenvalue weighted by Gasteiger charge is -2.44. The van der Waals surface area contributed by atoms with Crippen molar-refractivity contribution in [1.29, 1.82) is 0 Å². The predicted molar refractivity (Wildman–Crippen MR) is 64.3 cm³/mol. The molecule has 2 rings (SSSR count). The van der Waals surface area contributed by atoms with Gasteiger partial charge in [-0.15, -0.1) is 0 Å². The van der Waals surface area contributed by atoms with E-state index in [0.717, 1.165) is 38.4 Å². The average molecular weight is 227 g/mol. The number of hydrogen-bond donors (Lipinski definition) is 1. The van der Waals surface area contributed by atoms with Crippen LogP contribution in [0.2, 0.25) is 0 Å². The second-order valence-electron chi connectivity index (χ2n) is 5.60. The Kier molecular flexibility index (Phi) is 3.88. The van der Waals surface area contributed by atoms with Crippen LogP contribution < -0.4 is 5.73 Å². The van der Waals surface area contributed by atoms with Gasteiger partial charge in [0.25, 0.3) is 0 Å². The van der Waals surface area contributed by atoms with Crippen LogP contribution >= 0.6 is 0 Å². The zero-order valence-corrected chi connectivity index (χ0v) is 10.6. The number of hydrogen-bond acceptors (Lipinski definition) is 3. The molecule has 2 aliphatic rings. The highest BCUT2D eigenvalue weighted by molar-refractivity contribution is 4.98. The summed E-state index contributed by atoms with van der Waals surface area (Å²) in [5.41, 5.74) is 6.36. The standard InChI is InChI=1S/C13H25NO2/c1-10-3-6-13(15-2,7-4-10)12(14)11-5-8-16-9-11/h10-12H,3-9,14H2,1-2H3. The SMILES string of the molecule is COC1(C(N)C2CCOC2)CCC(C)CC1. The molecule has 1 saturated carbocycles. The van der Waals surface area contributed by atoms with E-state index in [9.17, 15) is 0 Å². The second-order valence-corrected chi connectivity index (χ2v) is 5.60. The van der Waals surface area contributed by atoms with E-state index in [4.69, 9.17) is 15.2 Å². The van der Waals surface area contributed by atoms with Crippen molar-refractivity contribution in [3.05, 3.63) is 0 Å². The second kappa shape index (κ2) is 5.03. The van der Waals surface area contributed by atoms with Crippen molar-refractivity contribution in [2.45, 2.75) is 50.7 Å². The van der Waals surface area contributed by atoms with Crippen LogP contribution in [0.15, 0.2) is 0 Å². The highest BCUT2D eigenvalue weighted by atomic mass is 16.5. The summed E-state index contributed by atoms with van der Waals surface area (Å²) in [6, 6.07) is 0.146. The third-order valence-corrected chi connectivity index (χ3v) is 4.61. The van der Waals surface area contributed by atoms with Crippen molar-refractivity contribution in [1.82, 2.24) is 0 Å². The normalized spacial score (nSPS) is 42.2. The molecule has 0 radical (unpaired) electrons. The van der Waals surface area contributed by atoms with E-state index in [1.165, 1.54) is 12.8 Å². The topological polar surface area (TPSA) is 44.5 Å². The van der Waals surface area contributed by atoms with E-state index in [-0.39, 0.29) is 11.6 Å². The van der Waals surface area contributed by atoms with Gasteiger partial charge in [0, 0.05) is 25.7 Å². The minimum atomic E-state index is -0.0785. The van der Waals surface area contributed by atoms with E-state index in [0.29, 0.717) is 5.92 Å². The number of rotatable bonds is 3. The largest absolute Gasteiger partial charge is 0.381 e. The van der Waals surface area contributed by atoms with Crippen LogP contribution in [0.4, 0.5) is 0 Å². The molecule has 0 aromatic heterocycles. The molecule has 0 aromatic carbocycles. The lowest BCUT2D eigenvalue weighted by Crippen LogP contribution is -2.55. The van der Waals surface area contributed by atoms with Crippen molar-refractivity contribution < 1.29 is 9.47 Å². The fraction of sp³-hybridized carbons (Fsp3) is 1.00. The van der Waals surface area contributed by atoms with Crippen molar-refractivity contribution in [3.8, 4) is 0 Å². The van der Waals surface area contributed by atoms with Crippen LogP contribution in [0.25, 0.3) is 0 Å². The van der Waals surface area contributed by atoms with Gasteiger partial charge in [-0.1, -0.05) is 6.92 Å². The Labute approximate surface area is 98.7 Å². The van der Waals surface area contributed by atoms with Gasteiger partial charge < -0.3 is 15.2 Å². The zero-order chi connectivity index (χ0) is 11.6. The molecule has 2 atom stereocenters. The minimum absolute atomic E-state index is 0.0785. The van der Waals surface area contributed by atoms with E-state index in [1.54, 1.807) is 0 Å². The third-order valence-electron chi connectivity index (χ3n) is 4.61. The summed E-state index contributed by atoms with van der Waals surface area (Å²) in [5, 5.41) is 0. The summed E-state index contributed by atoms with van der Waals surface area (Å²) in [5.74, 6) is 1.32. The maximum atomic E-state index is 6.44. The molecule has 3 nitrogen and oxygen atoms in total. The Morgan fingerprint density at radius 3 is 2.50 bits per heavy atom. The van der Waals surface area contributed by atoms with Gasteiger partial charge in [0.15, 0.2) is 0 Å². The molecule has 0 aromatic rings. The predicted octanol–water partition coefficient (Wildman–Crippen LogP) is 1.95. The van der Waals surface area contributed by atoms with Crippen LogP contribution in [0.1, 0.15) is 39.0 Å². The van der Waals surface area contributed by atoms with Gasteiger partial charge in [0.1, 0.15) is 0 Å². The lowest BCUT2D eigenvalue weighted by atomic mass is 9.72. The van der Waals surface area contributed by atoms with Crippen molar-refractivity contribution in [2.75, 3.05) is 20.3 Å². The summed E-state index contributed by atoms with van der Waals surface area (Å²) < 4.78 is 11.3. The summed E-state index contributed by atoms with van der Waals surface area (Å²) >= 11 is 0. The summed E-state index contributed by atoms with van der Waals surface area (Å²) in [4.78, 5) is 0. The van der Waals surface area contributed by atoms with Gasteiger partial charge >= 0.3 is 0 Å². The molecule has 1 aliphatic carbocycles. The first kappa shape index (κ1) is 12.3. The molecule has 0 spiro atoms. The number of ether oxygens (including phenoxy) is 2. The van der Waals surface area contributed by atoms with E-state index in [1.807, 2.05) is 7.11 Å². The zero-order valence-electron chi connectivity index (χ0n) is 10.6. The highest BCUT2D eigenvalue weighted by Crippen LogP contribution is 2.39. The van der Waals surface area contributed by atoms with Gasteiger partial charge in [-0.3, -0.25) is 0 Å². The molecule has 0 bridgehead atoms. The van der Waals surface area contributed by atoms with Crippen LogP contribution in [-0.2, 0) is 9.47 Å². The molecule has 3 heteroatoms. The van der Waals surface area contributed by atoms with Gasteiger partial charge in [0.2, 0.25) is 0 Å². The molecule has 2 N–H and O–H groups in total. The van der Waals surface area contributed by atoms with Crippen molar-refractivity contribution in [2.24, 2.45) is 17.6 Å². The Morgan fingerprint density at radius 2 is 2.00 bits per heavy atom. The Balaban J connectivity index is 2.02. The molecule has 2 unspecified atom stereocenters. The first-order chi connectivity index (χ1) is 7.68. The van der Waals surface area contributed by atoms with Gasteiger partial charge in [0.05, 0.1) is 12.2 Å². The number of nitrogens with two attached hydrogens (primary N) is 1. The van der Waals surface area contributed by atoms with E-state index >= 15 is 0 Å².